The van der Waals surface area contributed by atoms with E-state index in [1.165, 1.54) is 12.1 Å². The zero-order chi connectivity index (χ0) is 9.30. The van der Waals surface area contributed by atoms with E-state index >= 15 is 0 Å². The molecule has 0 aliphatic carbocycles. The molecular weight excluding hydrogens is 162 g/mol. The summed E-state index contributed by atoms with van der Waals surface area (Å²) in [5, 5.41) is 28.3. The zero-order valence-corrected chi connectivity index (χ0v) is 6.31. The number of benzene rings is 1. The molecule has 5 nitrogen and oxygen atoms in total. The van der Waals surface area contributed by atoms with Crippen LogP contribution in [-0.2, 0) is 0 Å². The summed E-state index contributed by atoms with van der Waals surface area (Å²) in [6.07, 6.45) is 0. The molecule has 0 saturated carbocycles. The molecule has 0 aliphatic heterocycles. The van der Waals surface area contributed by atoms with E-state index in [2.05, 4.69) is 0 Å². The van der Waals surface area contributed by atoms with Gasteiger partial charge in [-0.15, -0.1) is 0 Å². The van der Waals surface area contributed by atoms with Crippen molar-refractivity contribution in [3.63, 3.8) is 0 Å². The van der Waals surface area contributed by atoms with E-state index in [0.29, 0.717) is 5.56 Å². The Morgan fingerprint density at radius 1 is 1.33 bits per heavy atom. The summed E-state index contributed by atoms with van der Waals surface area (Å²) in [7, 11) is 0. The largest absolute Gasteiger partial charge is 0.502 e. The quantitative estimate of drug-likeness (QED) is 0.490. The second-order valence-corrected chi connectivity index (χ2v) is 2.41. The van der Waals surface area contributed by atoms with Crippen molar-refractivity contribution in [3.05, 3.63) is 27.8 Å². The number of hydrogen-bond acceptors (Lipinski definition) is 4. The average molecular weight is 169 g/mol. The highest BCUT2D eigenvalue weighted by atomic mass is 16.6. The van der Waals surface area contributed by atoms with Gasteiger partial charge in [0, 0.05) is 0 Å². The van der Waals surface area contributed by atoms with Crippen LogP contribution in [0.25, 0.3) is 0 Å². The molecule has 5 heteroatoms. The first-order valence-corrected chi connectivity index (χ1v) is 3.19. The van der Waals surface area contributed by atoms with E-state index in [1.807, 2.05) is 0 Å². The molecular formula is C7H7NO4. The van der Waals surface area contributed by atoms with Crippen molar-refractivity contribution in [2.45, 2.75) is 6.92 Å². The second kappa shape index (κ2) is 2.69. The Morgan fingerprint density at radius 2 is 1.75 bits per heavy atom. The summed E-state index contributed by atoms with van der Waals surface area (Å²) in [4.78, 5) is 9.41. The van der Waals surface area contributed by atoms with Gasteiger partial charge in [0.05, 0.1) is 4.92 Å². The number of nitrogens with zero attached hydrogens (tertiary/aromatic N) is 1. The molecule has 1 rings (SSSR count). The van der Waals surface area contributed by atoms with Crippen molar-refractivity contribution in [1.82, 2.24) is 0 Å². The molecule has 12 heavy (non-hydrogen) atoms. The number of rotatable bonds is 1. The van der Waals surface area contributed by atoms with Gasteiger partial charge in [-0.1, -0.05) is 0 Å². The van der Waals surface area contributed by atoms with E-state index in [-0.39, 0.29) is 0 Å². The maximum Gasteiger partial charge on any atom is 0.351 e. The van der Waals surface area contributed by atoms with Crippen molar-refractivity contribution in [1.29, 1.82) is 0 Å². The molecule has 0 saturated heterocycles. The van der Waals surface area contributed by atoms with Crippen LogP contribution in [0.2, 0.25) is 0 Å². The van der Waals surface area contributed by atoms with E-state index in [1.54, 1.807) is 6.92 Å². The molecule has 0 aliphatic rings. The summed E-state index contributed by atoms with van der Waals surface area (Å²) in [6.45, 7) is 1.61. The van der Waals surface area contributed by atoms with Gasteiger partial charge in [-0.25, -0.2) is 0 Å². The van der Waals surface area contributed by atoms with Crippen LogP contribution in [0, 0.1) is 17.0 Å². The fraction of sp³-hybridized carbons (Fsp3) is 0.143. The van der Waals surface area contributed by atoms with Crippen molar-refractivity contribution in [2.75, 3.05) is 0 Å². The van der Waals surface area contributed by atoms with E-state index in [0.717, 1.165) is 0 Å². The Hall–Kier alpha value is -1.78. The lowest BCUT2D eigenvalue weighted by molar-refractivity contribution is -0.386. The topological polar surface area (TPSA) is 83.6 Å². The molecule has 0 heterocycles. The minimum absolute atomic E-state index is 0.516. The first-order chi connectivity index (χ1) is 5.52. The molecule has 1 aromatic rings. The first-order valence-electron chi connectivity index (χ1n) is 3.19. The van der Waals surface area contributed by atoms with E-state index in [4.69, 9.17) is 10.2 Å². The van der Waals surface area contributed by atoms with Crippen LogP contribution in [0.1, 0.15) is 5.56 Å². The number of nitro benzene ring substituents is 1. The third-order valence-corrected chi connectivity index (χ3v) is 1.40. The maximum atomic E-state index is 10.2. The molecule has 0 radical (unpaired) electrons. The smallest absolute Gasteiger partial charge is 0.351 e. The molecule has 2 N–H and O–H groups in total. The van der Waals surface area contributed by atoms with Gasteiger partial charge in [0.15, 0.2) is 11.5 Å². The highest BCUT2D eigenvalue weighted by Crippen LogP contribution is 2.35. The number of aryl methyl sites for hydroxylation is 1. The molecule has 0 fully saturated rings. The molecule has 0 aromatic heterocycles. The van der Waals surface area contributed by atoms with Gasteiger partial charge in [0.1, 0.15) is 0 Å². The molecule has 64 valence electrons. The fourth-order valence-corrected chi connectivity index (χ4v) is 0.928. The van der Waals surface area contributed by atoms with Crippen LogP contribution in [0.5, 0.6) is 11.5 Å². The summed E-state index contributed by atoms with van der Waals surface area (Å²) in [6, 6.07) is 2.44. The Bertz CT molecular complexity index is 311. The molecule has 0 atom stereocenters. The summed E-state index contributed by atoms with van der Waals surface area (Å²) >= 11 is 0. The molecule has 1 aromatic carbocycles. The third-order valence-electron chi connectivity index (χ3n) is 1.40. The number of hydrogen-bond donors (Lipinski definition) is 2. The number of phenolic OH excluding ortho intramolecular Hbond substituents is 2. The number of aromatic hydroxyl groups is 2. The van der Waals surface area contributed by atoms with Crippen LogP contribution >= 0.6 is 0 Å². The van der Waals surface area contributed by atoms with Crippen LogP contribution in [0.3, 0.4) is 0 Å². The minimum atomic E-state index is -0.829. The lowest BCUT2D eigenvalue weighted by atomic mass is 10.2. The second-order valence-electron chi connectivity index (χ2n) is 2.41. The predicted octanol–water partition coefficient (Wildman–Crippen LogP) is 1.31. The minimum Gasteiger partial charge on any atom is -0.502 e. The highest BCUT2D eigenvalue weighted by molar-refractivity contribution is 5.57. The zero-order valence-electron chi connectivity index (χ0n) is 6.31. The van der Waals surface area contributed by atoms with Crippen molar-refractivity contribution in [3.8, 4) is 11.5 Å². The Kier molecular flexibility index (Phi) is 1.86. The Balaban J connectivity index is 3.38. The molecule has 0 amide bonds. The van der Waals surface area contributed by atoms with Gasteiger partial charge in [0.25, 0.3) is 0 Å². The SMILES string of the molecule is Cc1cc(O)c([N+](=O)[O-])c(O)c1. The number of phenols is 2. The van der Waals surface area contributed by atoms with E-state index < -0.39 is 22.1 Å². The fourth-order valence-electron chi connectivity index (χ4n) is 0.928. The highest BCUT2D eigenvalue weighted by Gasteiger charge is 2.19. The molecule has 0 bridgehead atoms. The maximum absolute atomic E-state index is 10.2. The van der Waals surface area contributed by atoms with Gasteiger partial charge < -0.3 is 10.2 Å². The standard InChI is InChI=1S/C7H7NO4/c1-4-2-5(9)7(8(11)12)6(10)3-4/h2-3,9-10H,1H3. The Labute approximate surface area is 68.0 Å². The normalized spacial score (nSPS) is 9.75. The molecule has 0 unspecified atom stereocenters. The lowest BCUT2D eigenvalue weighted by Crippen LogP contribution is -1.89. The summed E-state index contributed by atoms with van der Waals surface area (Å²) in [5.74, 6) is -1.03. The van der Waals surface area contributed by atoms with E-state index in [9.17, 15) is 10.1 Å². The van der Waals surface area contributed by atoms with Crippen LogP contribution in [-0.4, -0.2) is 15.1 Å². The van der Waals surface area contributed by atoms with Gasteiger partial charge in [-0.05, 0) is 24.6 Å². The number of nitro groups is 1. The van der Waals surface area contributed by atoms with Gasteiger partial charge in [-0.2, -0.15) is 0 Å². The summed E-state index contributed by atoms with van der Waals surface area (Å²) in [5.41, 5.74) is -0.0869. The van der Waals surface area contributed by atoms with Gasteiger partial charge >= 0.3 is 5.69 Å². The Morgan fingerprint density at radius 3 is 2.08 bits per heavy atom. The van der Waals surface area contributed by atoms with Crippen molar-refractivity contribution >= 4 is 5.69 Å². The van der Waals surface area contributed by atoms with Crippen molar-refractivity contribution in [2.24, 2.45) is 0 Å². The van der Waals surface area contributed by atoms with Gasteiger partial charge in [0.2, 0.25) is 0 Å². The monoisotopic (exact) mass is 169 g/mol. The lowest BCUT2D eigenvalue weighted by Gasteiger charge is -1.99. The first kappa shape index (κ1) is 8.32. The van der Waals surface area contributed by atoms with Gasteiger partial charge in [-0.3, -0.25) is 10.1 Å². The van der Waals surface area contributed by atoms with Crippen LogP contribution in [0.15, 0.2) is 12.1 Å². The van der Waals surface area contributed by atoms with Crippen LogP contribution in [0.4, 0.5) is 5.69 Å². The third kappa shape index (κ3) is 1.29. The summed E-state index contributed by atoms with van der Waals surface area (Å²) < 4.78 is 0. The predicted molar refractivity (Wildman–Crippen MR) is 41.2 cm³/mol. The van der Waals surface area contributed by atoms with Crippen molar-refractivity contribution < 1.29 is 15.1 Å². The molecule has 0 spiro atoms. The average Bonchev–Trinajstić information content (AvgIpc) is 1.82. The van der Waals surface area contributed by atoms with Crippen LogP contribution < -0.4 is 0 Å².